The molecule has 0 spiro atoms. The fraction of sp³-hybridized carbons (Fsp3) is 0.385. The van der Waals surface area contributed by atoms with Gasteiger partial charge in [0.1, 0.15) is 11.9 Å². The second-order valence-corrected chi connectivity index (χ2v) is 4.23. The number of carboxylic acid groups (broad SMARTS) is 1. The SMILES string of the molecule is CC(C(=O)O)N(C)C(=O)NCCc1ccc(F)cc1. The van der Waals surface area contributed by atoms with Crippen molar-refractivity contribution < 1.29 is 19.1 Å². The van der Waals surface area contributed by atoms with Gasteiger partial charge < -0.3 is 15.3 Å². The zero-order valence-electron chi connectivity index (χ0n) is 10.9. The summed E-state index contributed by atoms with van der Waals surface area (Å²) in [4.78, 5) is 23.5. The van der Waals surface area contributed by atoms with Gasteiger partial charge in [-0.1, -0.05) is 12.1 Å². The molecule has 0 fully saturated rings. The third kappa shape index (κ3) is 4.57. The highest BCUT2D eigenvalue weighted by Crippen LogP contribution is 2.03. The van der Waals surface area contributed by atoms with Gasteiger partial charge in [0.2, 0.25) is 0 Å². The van der Waals surface area contributed by atoms with Crippen LogP contribution in [0.5, 0.6) is 0 Å². The second kappa shape index (κ2) is 6.72. The quantitative estimate of drug-likeness (QED) is 0.850. The van der Waals surface area contributed by atoms with E-state index in [1.54, 1.807) is 12.1 Å². The number of nitrogens with one attached hydrogen (secondary N) is 1. The highest BCUT2D eigenvalue weighted by Gasteiger charge is 2.20. The van der Waals surface area contributed by atoms with E-state index < -0.39 is 18.0 Å². The lowest BCUT2D eigenvalue weighted by atomic mass is 10.1. The Morgan fingerprint density at radius 3 is 2.47 bits per heavy atom. The molecule has 0 saturated carbocycles. The molecule has 0 bridgehead atoms. The predicted molar refractivity (Wildman–Crippen MR) is 68.4 cm³/mol. The summed E-state index contributed by atoms with van der Waals surface area (Å²) in [5.41, 5.74) is 0.899. The largest absolute Gasteiger partial charge is 0.480 e. The first kappa shape index (κ1) is 14.9. The van der Waals surface area contributed by atoms with Crippen molar-refractivity contribution in [2.45, 2.75) is 19.4 Å². The molecule has 0 aliphatic rings. The lowest BCUT2D eigenvalue weighted by Gasteiger charge is -2.21. The minimum Gasteiger partial charge on any atom is -0.480 e. The normalized spacial score (nSPS) is 11.7. The molecule has 0 aliphatic heterocycles. The number of rotatable bonds is 5. The van der Waals surface area contributed by atoms with E-state index in [0.29, 0.717) is 13.0 Å². The van der Waals surface area contributed by atoms with Crippen molar-refractivity contribution >= 4 is 12.0 Å². The summed E-state index contributed by atoms with van der Waals surface area (Å²) in [6.45, 7) is 1.79. The van der Waals surface area contributed by atoms with Crippen LogP contribution in [0.2, 0.25) is 0 Å². The average Bonchev–Trinajstić information content (AvgIpc) is 2.39. The third-order valence-corrected chi connectivity index (χ3v) is 2.86. The summed E-state index contributed by atoms with van der Waals surface area (Å²) in [6, 6.07) is 4.67. The standard InChI is InChI=1S/C13H17FN2O3/c1-9(12(17)18)16(2)13(19)15-8-7-10-3-5-11(14)6-4-10/h3-6,9H,7-8H2,1-2H3,(H,15,19)(H,17,18). The Bertz CT molecular complexity index is 448. The first-order valence-electron chi connectivity index (χ1n) is 5.89. The summed E-state index contributed by atoms with van der Waals surface area (Å²) in [7, 11) is 1.42. The molecule has 1 atom stereocenters. The number of aliphatic carboxylic acids is 1. The lowest BCUT2D eigenvalue weighted by molar-refractivity contribution is -0.141. The van der Waals surface area contributed by atoms with E-state index in [-0.39, 0.29) is 5.82 Å². The summed E-state index contributed by atoms with van der Waals surface area (Å²) in [5.74, 6) is -1.36. The van der Waals surface area contributed by atoms with Crippen molar-refractivity contribution in [2.75, 3.05) is 13.6 Å². The number of nitrogens with zero attached hydrogens (tertiary/aromatic N) is 1. The van der Waals surface area contributed by atoms with E-state index in [4.69, 9.17) is 5.11 Å². The van der Waals surface area contributed by atoms with E-state index in [1.807, 2.05) is 0 Å². The molecule has 0 heterocycles. The zero-order chi connectivity index (χ0) is 14.4. The number of likely N-dealkylation sites (N-methyl/N-ethyl adjacent to an activating group) is 1. The van der Waals surface area contributed by atoms with E-state index in [1.165, 1.54) is 26.1 Å². The second-order valence-electron chi connectivity index (χ2n) is 4.23. The number of carbonyl (C=O) groups excluding carboxylic acids is 1. The minimum absolute atomic E-state index is 0.303. The fourth-order valence-corrected chi connectivity index (χ4v) is 1.43. The van der Waals surface area contributed by atoms with Crippen LogP contribution < -0.4 is 5.32 Å². The lowest BCUT2D eigenvalue weighted by Crippen LogP contribution is -2.46. The van der Waals surface area contributed by atoms with Crippen LogP contribution in [0, 0.1) is 5.82 Å². The van der Waals surface area contributed by atoms with Gasteiger partial charge >= 0.3 is 12.0 Å². The molecule has 2 amide bonds. The van der Waals surface area contributed by atoms with Crippen molar-refractivity contribution in [1.82, 2.24) is 10.2 Å². The molecule has 5 nitrogen and oxygen atoms in total. The maximum absolute atomic E-state index is 12.7. The molecular formula is C13H17FN2O3. The summed E-state index contributed by atoms with van der Waals surface area (Å²) in [5, 5.41) is 11.4. The average molecular weight is 268 g/mol. The molecule has 1 rings (SSSR count). The van der Waals surface area contributed by atoms with Crippen molar-refractivity contribution in [3.63, 3.8) is 0 Å². The van der Waals surface area contributed by atoms with E-state index in [0.717, 1.165) is 10.5 Å². The molecule has 19 heavy (non-hydrogen) atoms. The van der Waals surface area contributed by atoms with Gasteiger partial charge in [-0.05, 0) is 31.0 Å². The third-order valence-electron chi connectivity index (χ3n) is 2.86. The molecule has 2 N–H and O–H groups in total. The maximum Gasteiger partial charge on any atom is 0.326 e. The van der Waals surface area contributed by atoms with E-state index in [2.05, 4.69) is 5.32 Å². The number of amides is 2. The number of carboxylic acids is 1. The highest BCUT2D eigenvalue weighted by molar-refractivity contribution is 5.82. The number of urea groups is 1. The summed E-state index contributed by atoms with van der Waals surface area (Å²) >= 11 is 0. The zero-order valence-corrected chi connectivity index (χ0v) is 10.9. The smallest absolute Gasteiger partial charge is 0.326 e. The first-order chi connectivity index (χ1) is 8.91. The topological polar surface area (TPSA) is 69.6 Å². The van der Waals surface area contributed by atoms with Crippen LogP contribution >= 0.6 is 0 Å². The predicted octanol–water partition coefficient (Wildman–Crippen LogP) is 1.48. The van der Waals surface area contributed by atoms with Crippen LogP contribution in [0.3, 0.4) is 0 Å². The molecule has 6 heteroatoms. The van der Waals surface area contributed by atoms with Crippen molar-refractivity contribution in [3.8, 4) is 0 Å². The maximum atomic E-state index is 12.7. The molecule has 0 saturated heterocycles. The Kier molecular flexibility index (Phi) is 5.29. The Hall–Kier alpha value is -2.11. The van der Waals surface area contributed by atoms with E-state index in [9.17, 15) is 14.0 Å². The Morgan fingerprint density at radius 2 is 1.95 bits per heavy atom. The van der Waals surface area contributed by atoms with Crippen LogP contribution in [0.4, 0.5) is 9.18 Å². The first-order valence-corrected chi connectivity index (χ1v) is 5.89. The Labute approximate surface area is 111 Å². The van der Waals surface area contributed by atoms with Gasteiger partial charge in [0.25, 0.3) is 0 Å². The van der Waals surface area contributed by atoms with Gasteiger partial charge in [0.05, 0.1) is 0 Å². The van der Waals surface area contributed by atoms with Crippen LogP contribution in [0.1, 0.15) is 12.5 Å². The summed E-state index contributed by atoms with van der Waals surface area (Å²) in [6.07, 6.45) is 0.557. The molecule has 104 valence electrons. The van der Waals surface area contributed by atoms with Gasteiger partial charge in [-0.15, -0.1) is 0 Å². The van der Waals surface area contributed by atoms with Gasteiger partial charge in [-0.2, -0.15) is 0 Å². The minimum atomic E-state index is -1.06. The summed E-state index contributed by atoms with van der Waals surface area (Å²) < 4.78 is 12.7. The van der Waals surface area contributed by atoms with Crippen LogP contribution in [0.15, 0.2) is 24.3 Å². The number of benzene rings is 1. The molecular weight excluding hydrogens is 251 g/mol. The van der Waals surface area contributed by atoms with E-state index >= 15 is 0 Å². The van der Waals surface area contributed by atoms with Crippen LogP contribution in [-0.4, -0.2) is 41.6 Å². The van der Waals surface area contributed by atoms with Gasteiger partial charge in [0, 0.05) is 13.6 Å². The highest BCUT2D eigenvalue weighted by atomic mass is 19.1. The molecule has 1 aromatic rings. The Morgan fingerprint density at radius 1 is 1.37 bits per heavy atom. The van der Waals surface area contributed by atoms with Gasteiger partial charge in [-0.25, -0.2) is 14.0 Å². The number of halogens is 1. The van der Waals surface area contributed by atoms with Crippen LogP contribution in [0.25, 0.3) is 0 Å². The van der Waals surface area contributed by atoms with Gasteiger partial charge in [0.15, 0.2) is 0 Å². The number of hydrogen-bond donors (Lipinski definition) is 2. The molecule has 0 radical (unpaired) electrons. The number of hydrogen-bond acceptors (Lipinski definition) is 2. The molecule has 0 aromatic heterocycles. The number of carbonyl (C=O) groups is 2. The van der Waals surface area contributed by atoms with Crippen LogP contribution in [-0.2, 0) is 11.2 Å². The molecule has 0 aliphatic carbocycles. The Balaban J connectivity index is 2.38. The molecule has 1 aromatic carbocycles. The van der Waals surface area contributed by atoms with Gasteiger partial charge in [-0.3, -0.25) is 0 Å². The van der Waals surface area contributed by atoms with Crippen molar-refractivity contribution in [2.24, 2.45) is 0 Å². The molecule has 1 unspecified atom stereocenters. The fourth-order valence-electron chi connectivity index (χ4n) is 1.43. The van der Waals surface area contributed by atoms with Crippen molar-refractivity contribution in [3.05, 3.63) is 35.6 Å². The monoisotopic (exact) mass is 268 g/mol. The van der Waals surface area contributed by atoms with Crippen molar-refractivity contribution in [1.29, 1.82) is 0 Å².